The first kappa shape index (κ1) is 37.9. The molecular formula is C32H62O3Zn. The Kier molecular flexibility index (Phi) is 34.5. The molecule has 210 valence electrons. The summed E-state index contributed by atoms with van der Waals surface area (Å²) >= 11 is 0. The van der Waals surface area contributed by atoms with Gasteiger partial charge >= 0.3 is 11.9 Å². The summed E-state index contributed by atoms with van der Waals surface area (Å²) in [5.41, 5.74) is 0. The van der Waals surface area contributed by atoms with Crippen molar-refractivity contribution in [2.24, 2.45) is 0 Å². The minimum atomic E-state index is -0.327. The number of rotatable bonds is 28. The molecule has 0 amide bonds. The molecule has 0 aliphatic rings. The van der Waals surface area contributed by atoms with Crippen molar-refractivity contribution in [3.8, 4) is 0 Å². The maximum atomic E-state index is 11.8. The Morgan fingerprint density at radius 3 is 0.778 bits per heavy atom. The van der Waals surface area contributed by atoms with E-state index in [4.69, 9.17) is 4.74 Å². The van der Waals surface area contributed by atoms with Crippen LogP contribution in [0.25, 0.3) is 0 Å². The number of carbonyl (C=O) groups is 2. The number of esters is 2. The Morgan fingerprint density at radius 2 is 0.556 bits per heavy atom. The number of unbranched alkanes of at least 4 members (excludes halogenated alkanes) is 24. The minimum absolute atomic E-state index is 0. The van der Waals surface area contributed by atoms with Crippen molar-refractivity contribution in [3.63, 3.8) is 0 Å². The fourth-order valence-corrected chi connectivity index (χ4v) is 4.80. The molecule has 0 bridgehead atoms. The second-order valence-electron chi connectivity index (χ2n) is 10.8. The average Bonchev–Trinajstić information content (AvgIpc) is 2.85. The van der Waals surface area contributed by atoms with Gasteiger partial charge in [0.25, 0.3) is 0 Å². The molecule has 0 saturated heterocycles. The van der Waals surface area contributed by atoms with E-state index in [1.807, 2.05) is 0 Å². The van der Waals surface area contributed by atoms with Crippen molar-refractivity contribution >= 4 is 11.9 Å². The van der Waals surface area contributed by atoms with Crippen LogP contribution in [0.5, 0.6) is 0 Å². The monoisotopic (exact) mass is 558 g/mol. The van der Waals surface area contributed by atoms with Crippen LogP contribution in [0.4, 0.5) is 0 Å². The Hall–Kier alpha value is -0.237. The van der Waals surface area contributed by atoms with E-state index in [2.05, 4.69) is 13.8 Å². The van der Waals surface area contributed by atoms with Gasteiger partial charge < -0.3 is 4.74 Å². The quantitative estimate of drug-likeness (QED) is 0.0414. The fraction of sp³-hybridized carbons (Fsp3) is 0.938. The van der Waals surface area contributed by atoms with E-state index in [1.54, 1.807) is 0 Å². The molecule has 0 spiro atoms. The molecule has 4 heteroatoms. The molecule has 36 heavy (non-hydrogen) atoms. The van der Waals surface area contributed by atoms with Crippen LogP contribution < -0.4 is 0 Å². The van der Waals surface area contributed by atoms with Gasteiger partial charge in [-0.3, -0.25) is 9.59 Å². The number of ether oxygens (including phenoxy) is 1. The van der Waals surface area contributed by atoms with E-state index in [1.165, 1.54) is 141 Å². The molecule has 0 radical (unpaired) electrons. The zero-order valence-corrected chi connectivity index (χ0v) is 27.7. The predicted molar refractivity (Wildman–Crippen MR) is 152 cm³/mol. The summed E-state index contributed by atoms with van der Waals surface area (Å²) in [7, 11) is 0. The summed E-state index contributed by atoms with van der Waals surface area (Å²) in [6.07, 6.45) is 34.3. The summed E-state index contributed by atoms with van der Waals surface area (Å²) in [5, 5.41) is 0. The van der Waals surface area contributed by atoms with Gasteiger partial charge in [-0.2, -0.15) is 0 Å². The number of hydrogen-bond donors (Lipinski definition) is 0. The van der Waals surface area contributed by atoms with Crippen LogP contribution in [0.15, 0.2) is 0 Å². The van der Waals surface area contributed by atoms with Crippen LogP contribution in [0.1, 0.15) is 194 Å². The van der Waals surface area contributed by atoms with Crippen molar-refractivity contribution in [1.29, 1.82) is 0 Å². The molecule has 0 aliphatic carbocycles. The fourth-order valence-electron chi connectivity index (χ4n) is 4.80. The predicted octanol–water partition coefficient (Wildman–Crippen LogP) is 11.0. The minimum Gasteiger partial charge on any atom is -0.393 e. The topological polar surface area (TPSA) is 43.4 Å². The van der Waals surface area contributed by atoms with Crippen LogP contribution in [-0.4, -0.2) is 11.9 Å². The standard InChI is InChI=1S/C32H62O3.Zn/c1-3-5-7-9-11-13-15-16-17-18-20-22-24-26-28-30-32(34)35-31(33)29-27-25-23-21-19-14-12-10-8-6-4-2;/h3-30H2,1-2H3;. The zero-order chi connectivity index (χ0) is 25.7. The molecule has 0 atom stereocenters. The molecule has 0 rings (SSSR count). The summed E-state index contributed by atoms with van der Waals surface area (Å²) in [6, 6.07) is 0. The maximum Gasteiger partial charge on any atom is 0.313 e. The first-order chi connectivity index (χ1) is 17.2. The zero-order valence-electron chi connectivity index (χ0n) is 24.7. The molecule has 0 fully saturated rings. The van der Waals surface area contributed by atoms with E-state index in [0.717, 1.165) is 25.7 Å². The first-order valence-corrected chi connectivity index (χ1v) is 15.9. The van der Waals surface area contributed by atoms with Gasteiger partial charge in [-0.05, 0) is 12.8 Å². The average molecular weight is 560 g/mol. The van der Waals surface area contributed by atoms with Gasteiger partial charge in [0.2, 0.25) is 0 Å². The number of carbonyl (C=O) groups excluding carboxylic acids is 2. The molecular weight excluding hydrogens is 498 g/mol. The molecule has 0 aromatic carbocycles. The van der Waals surface area contributed by atoms with Gasteiger partial charge in [-0.15, -0.1) is 0 Å². The van der Waals surface area contributed by atoms with Crippen molar-refractivity contribution in [2.45, 2.75) is 194 Å². The van der Waals surface area contributed by atoms with Gasteiger partial charge in [0.15, 0.2) is 0 Å². The van der Waals surface area contributed by atoms with Crippen LogP contribution >= 0.6 is 0 Å². The maximum absolute atomic E-state index is 11.8. The van der Waals surface area contributed by atoms with Crippen LogP contribution in [0.2, 0.25) is 0 Å². The van der Waals surface area contributed by atoms with Crippen LogP contribution in [0, 0.1) is 0 Å². The summed E-state index contributed by atoms with van der Waals surface area (Å²) in [6.45, 7) is 4.53. The Labute approximate surface area is 238 Å². The molecule has 0 aromatic rings. The molecule has 0 heterocycles. The van der Waals surface area contributed by atoms with Gasteiger partial charge in [0.05, 0.1) is 0 Å². The van der Waals surface area contributed by atoms with Gasteiger partial charge in [-0.1, -0.05) is 168 Å². The van der Waals surface area contributed by atoms with E-state index in [0.29, 0.717) is 12.8 Å². The smallest absolute Gasteiger partial charge is 0.313 e. The molecule has 0 unspecified atom stereocenters. The Balaban J connectivity index is 0. The third-order valence-electron chi connectivity index (χ3n) is 7.20. The normalized spacial score (nSPS) is 10.8. The van der Waals surface area contributed by atoms with E-state index >= 15 is 0 Å². The van der Waals surface area contributed by atoms with Crippen LogP contribution in [0.3, 0.4) is 0 Å². The second kappa shape index (κ2) is 32.8. The molecule has 0 N–H and O–H groups in total. The third kappa shape index (κ3) is 31.8. The summed E-state index contributed by atoms with van der Waals surface area (Å²) in [4.78, 5) is 23.7. The molecule has 3 nitrogen and oxygen atoms in total. The largest absolute Gasteiger partial charge is 0.393 e. The van der Waals surface area contributed by atoms with Gasteiger partial charge in [0.1, 0.15) is 0 Å². The Morgan fingerprint density at radius 1 is 0.361 bits per heavy atom. The van der Waals surface area contributed by atoms with Gasteiger partial charge in [0, 0.05) is 32.3 Å². The molecule has 0 saturated carbocycles. The van der Waals surface area contributed by atoms with Gasteiger partial charge in [-0.25, -0.2) is 0 Å². The summed E-state index contributed by atoms with van der Waals surface area (Å²) in [5.74, 6) is -0.653. The third-order valence-corrected chi connectivity index (χ3v) is 7.20. The first-order valence-electron chi connectivity index (χ1n) is 15.9. The Bertz CT molecular complexity index is 453. The van der Waals surface area contributed by atoms with Crippen LogP contribution in [-0.2, 0) is 33.8 Å². The van der Waals surface area contributed by atoms with Crippen molar-refractivity contribution < 1.29 is 33.8 Å². The van der Waals surface area contributed by atoms with E-state index in [9.17, 15) is 9.59 Å². The SMILES string of the molecule is CCCCCCCCCCCCCCCCCC(=O)OC(=O)CCCCCCCCCCCCC.[Zn]. The van der Waals surface area contributed by atoms with E-state index < -0.39 is 0 Å². The molecule has 0 aromatic heterocycles. The molecule has 0 aliphatic heterocycles. The van der Waals surface area contributed by atoms with Crippen molar-refractivity contribution in [1.82, 2.24) is 0 Å². The van der Waals surface area contributed by atoms with Crippen molar-refractivity contribution in [2.75, 3.05) is 0 Å². The van der Waals surface area contributed by atoms with Crippen molar-refractivity contribution in [3.05, 3.63) is 0 Å². The van der Waals surface area contributed by atoms with E-state index in [-0.39, 0.29) is 31.4 Å². The second-order valence-corrected chi connectivity index (χ2v) is 10.8. The number of hydrogen-bond acceptors (Lipinski definition) is 3. The summed E-state index contributed by atoms with van der Waals surface area (Å²) < 4.78 is 4.98.